The van der Waals surface area contributed by atoms with E-state index in [-0.39, 0.29) is 0 Å². The number of ether oxygens (including phenoxy) is 1. The Bertz CT molecular complexity index is 398. The molecule has 0 amide bonds. The molecule has 1 aromatic rings. The number of nitrogens with zero attached hydrogens (tertiary/aromatic N) is 1. The van der Waals surface area contributed by atoms with Crippen molar-refractivity contribution in [2.75, 3.05) is 6.61 Å². The van der Waals surface area contributed by atoms with Crippen molar-refractivity contribution in [3.05, 3.63) is 33.8 Å². The summed E-state index contributed by atoms with van der Waals surface area (Å²) in [4.78, 5) is 0. The number of halogens is 1. The maximum atomic E-state index is 9.57. The lowest BCUT2D eigenvalue weighted by Crippen LogP contribution is -2.03. The minimum Gasteiger partial charge on any atom is -0.364 e. The van der Waals surface area contributed by atoms with Crippen LogP contribution in [0.15, 0.2) is 12.1 Å². The van der Waals surface area contributed by atoms with Crippen LogP contribution in [0, 0.1) is 18.3 Å². The van der Waals surface area contributed by atoms with Gasteiger partial charge in [-0.1, -0.05) is 11.6 Å². The predicted octanol–water partition coefficient (Wildman–Crippen LogP) is 2.55. The number of hydrogen-bond acceptors (Lipinski definition) is 3. The molecule has 1 atom stereocenters. The first kappa shape index (κ1) is 12.0. The molecule has 0 fully saturated rings. The van der Waals surface area contributed by atoms with Gasteiger partial charge in [-0.2, -0.15) is 5.26 Å². The zero-order valence-electron chi connectivity index (χ0n) is 8.62. The SMILES string of the molecule is CCOC(O)c1cc(Cl)c(C)c(C#N)c1. The molecule has 1 rings (SSSR count). The molecular weight excluding hydrogens is 214 g/mol. The van der Waals surface area contributed by atoms with E-state index in [4.69, 9.17) is 21.6 Å². The van der Waals surface area contributed by atoms with Crippen LogP contribution in [-0.4, -0.2) is 11.7 Å². The molecule has 4 heteroatoms. The third-order valence-corrected chi connectivity index (χ3v) is 2.49. The van der Waals surface area contributed by atoms with E-state index in [0.29, 0.717) is 28.3 Å². The molecule has 0 saturated heterocycles. The summed E-state index contributed by atoms with van der Waals surface area (Å²) in [6.07, 6.45) is -1.03. The minimum atomic E-state index is -1.03. The summed E-state index contributed by atoms with van der Waals surface area (Å²) in [5.41, 5.74) is 1.67. The number of aliphatic hydroxyl groups excluding tert-OH is 1. The molecule has 15 heavy (non-hydrogen) atoms. The van der Waals surface area contributed by atoms with Gasteiger partial charge in [0.15, 0.2) is 6.29 Å². The van der Waals surface area contributed by atoms with Gasteiger partial charge in [0, 0.05) is 17.2 Å². The smallest absolute Gasteiger partial charge is 0.181 e. The molecule has 1 aromatic carbocycles. The van der Waals surface area contributed by atoms with Crippen LogP contribution in [-0.2, 0) is 4.74 Å². The molecule has 0 heterocycles. The van der Waals surface area contributed by atoms with Gasteiger partial charge in [0.25, 0.3) is 0 Å². The van der Waals surface area contributed by atoms with Crippen molar-refractivity contribution >= 4 is 11.6 Å². The predicted molar refractivity (Wildman–Crippen MR) is 57.5 cm³/mol. The Hall–Kier alpha value is -1.08. The number of nitriles is 1. The highest BCUT2D eigenvalue weighted by atomic mass is 35.5. The highest BCUT2D eigenvalue weighted by Crippen LogP contribution is 2.25. The third kappa shape index (κ3) is 2.69. The Morgan fingerprint density at radius 1 is 1.60 bits per heavy atom. The Balaban J connectivity index is 3.12. The first-order valence-corrected chi connectivity index (χ1v) is 4.97. The normalized spacial score (nSPS) is 12.2. The molecule has 0 spiro atoms. The Labute approximate surface area is 93.9 Å². The first-order chi connectivity index (χ1) is 7.10. The van der Waals surface area contributed by atoms with Crippen molar-refractivity contribution in [2.45, 2.75) is 20.1 Å². The topological polar surface area (TPSA) is 53.2 Å². The molecule has 1 unspecified atom stereocenters. The fourth-order valence-electron chi connectivity index (χ4n) is 1.21. The van der Waals surface area contributed by atoms with Crippen molar-refractivity contribution in [3.63, 3.8) is 0 Å². The maximum Gasteiger partial charge on any atom is 0.181 e. The lowest BCUT2D eigenvalue weighted by Gasteiger charge is -2.12. The zero-order valence-corrected chi connectivity index (χ0v) is 9.38. The van der Waals surface area contributed by atoms with Gasteiger partial charge < -0.3 is 9.84 Å². The second-order valence-electron chi connectivity index (χ2n) is 3.09. The van der Waals surface area contributed by atoms with E-state index in [9.17, 15) is 5.11 Å². The molecule has 0 aliphatic heterocycles. The van der Waals surface area contributed by atoms with Crippen molar-refractivity contribution in [3.8, 4) is 6.07 Å². The van der Waals surface area contributed by atoms with Crippen LogP contribution in [0.2, 0.25) is 5.02 Å². The molecule has 0 aliphatic carbocycles. The van der Waals surface area contributed by atoms with Crippen LogP contribution < -0.4 is 0 Å². The fourth-order valence-corrected chi connectivity index (χ4v) is 1.44. The van der Waals surface area contributed by atoms with Crippen LogP contribution in [0.5, 0.6) is 0 Å². The standard InChI is InChI=1S/C11H12ClNO2/c1-3-15-11(14)8-4-9(6-13)7(2)10(12)5-8/h4-5,11,14H,3H2,1-2H3. The van der Waals surface area contributed by atoms with Crippen molar-refractivity contribution in [2.24, 2.45) is 0 Å². The largest absolute Gasteiger partial charge is 0.364 e. The van der Waals surface area contributed by atoms with E-state index in [1.165, 1.54) is 0 Å². The lowest BCUT2D eigenvalue weighted by atomic mass is 10.1. The first-order valence-electron chi connectivity index (χ1n) is 4.60. The van der Waals surface area contributed by atoms with Crippen molar-refractivity contribution in [1.82, 2.24) is 0 Å². The summed E-state index contributed by atoms with van der Waals surface area (Å²) >= 11 is 5.92. The molecule has 80 valence electrons. The summed E-state index contributed by atoms with van der Waals surface area (Å²) in [6.45, 7) is 3.94. The zero-order chi connectivity index (χ0) is 11.4. The number of hydrogen-bond donors (Lipinski definition) is 1. The third-order valence-electron chi connectivity index (χ3n) is 2.10. The van der Waals surface area contributed by atoms with E-state index in [0.717, 1.165) is 0 Å². The van der Waals surface area contributed by atoms with Crippen LogP contribution in [0.3, 0.4) is 0 Å². The van der Waals surface area contributed by atoms with Gasteiger partial charge in [-0.15, -0.1) is 0 Å². The number of benzene rings is 1. The van der Waals surface area contributed by atoms with Crippen LogP contribution in [0.1, 0.15) is 29.9 Å². The van der Waals surface area contributed by atoms with Gasteiger partial charge in [0.2, 0.25) is 0 Å². The molecule has 1 N–H and O–H groups in total. The average Bonchev–Trinajstić information content (AvgIpc) is 2.22. The molecule has 3 nitrogen and oxygen atoms in total. The van der Waals surface area contributed by atoms with E-state index >= 15 is 0 Å². The van der Waals surface area contributed by atoms with Crippen LogP contribution >= 0.6 is 11.6 Å². The summed E-state index contributed by atoms with van der Waals surface area (Å²) in [5, 5.41) is 18.9. The Kier molecular flexibility index (Phi) is 4.10. The highest BCUT2D eigenvalue weighted by Gasteiger charge is 2.11. The van der Waals surface area contributed by atoms with Crippen molar-refractivity contribution in [1.29, 1.82) is 5.26 Å². The van der Waals surface area contributed by atoms with Crippen LogP contribution in [0.25, 0.3) is 0 Å². The summed E-state index contributed by atoms with van der Waals surface area (Å²) in [5.74, 6) is 0. The molecule has 0 radical (unpaired) electrons. The quantitative estimate of drug-likeness (QED) is 0.805. The number of aliphatic hydroxyl groups is 1. The summed E-state index contributed by atoms with van der Waals surface area (Å²) < 4.78 is 5.01. The van der Waals surface area contributed by atoms with Crippen molar-refractivity contribution < 1.29 is 9.84 Å². The van der Waals surface area contributed by atoms with E-state index in [2.05, 4.69) is 0 Å². The number of rotatable bonds is 3. The van der Waals surface area contributed by atoms with Gasteiger partial charge in [0.05, 0.1) is 11.6 Å². The summed E-state index contributed by atoms with van der Waals surface area (Å²) in [6, 6.07) is 5.22. The molecular formula is C11H12ClNO2. The summed E-state index contributed by atoms with van der Waals surface area (Å²) in [7, 11) is 0. The van der Waals surface area contributed by atoms with Gasteiger partial charge in [0.1, 0.15) is 0 Å². The fraction of sp³-hybridized carbons (Fsp3) is 0.364. The maximum absolute atomic E-state index is 9.57. The second kappa shape index (κ2) is 5.13. The molecule has 0 saturated carbocycles. The Morgan fingerprint density at radius 2 is 2.27 bits per heavy atom. The van der Waals surface area contributed by atoms with Gasteiger partial charge in [-0.05, 0) is 31.5 Å². The minimum absolute atomic E-state index is 0.397. The van der Waals surface area contributed by atoms with E-state index < -0.39 is 6.29 Å². The molecule has 0 aliphatic rings. The van der Waals surface area contributed by atoms with E-state index in [1.54, 1.807) is 26.0 Å². The molecule has 0 bridgehead atoms. The Morgan fingerprint density at radius 3 is 2.80 bits per heavy atom. The average molecular weight is 226 g/mol. The van der Waals surface area contributed by atoms with Gasteiger partial charge >= 0.3 is 0 Å². The van der Waals surface area contributed by atoms with Crippen LogP contribution in [0.4, 0.5) is 0 Å². The van der Waals surface area contributed by atoms with Gasteiger partial charge in [-0.25, -0.2) is 0 Å². The monoisotopic (exact) mass is 225 g/mol. The lowest BCUT2D eigenvalue weighted by molar-refractivity contribution is -0.0979. The second-order valence-corrected chi connectivity index (χ2v) is 3.50. The van der Waals surface area contributed by atoms with E-state index in [1.807, 2.05) is 6.07 Å². The molecule has 0 aromatic heterocycles. The highest BCUT2D eigenvalue weighted by molar-refractivity contribution is 6.31. The van der Waals surface area contributed by atoms with Gasteiger partial charge in [-0.3, -0.25) is 0 Å².